The van der Waals surface area contributed by atoms with E-state index in [1.165, 1.54) is 0 Å². The van der Waals surface area contributed by atoms with Gasteiger partial charge in [0.2, 0.25) is 0 Å². The molecule has 0 fully saturated rings. The van der Waals surface area contributed by atoms with Gasteiger partial charge in [-0.05, 0) is 12.0 Å². The van der Waals surface area contributed by atoms with Crippen LogP contribution in [-0.2, 0) is 4.18 Å². The van der Waals surface area contributed by atoms with Crippen LogP contribution in [0.1, 0.15) is 0 Å². The van der Waals surface area contributed by atoms with E-state index in [-0.39, 0.29) is 6.61 Å². The Hall–Kier alpha value is 0.150. The Morgan fingerprint density at radius 1 is 1.25 bits per heavy atom. The van der Waals surface area contributed by atoms with Crippen molar-refractivity contribution in [2.45, 2.75) is 18.3 Å². The maximum absolute atomic E-state index is 9.09. The third-order valence-electron chi connectivity index (χ3n) is 1.33. The summed E-state index contributed by atoms with van der Waals surface area (Å²) in [7, 11) is 0. The maximum Gasteiger partial charge on any atom is 0.110 e. The normalized spacial score (nSPS) is 18.8. The second-order valence-corrected chi connectivity index (χ2v) is 2.83. The molecule has 12 heavy (non-hydrogen) atoms. The molecule has 0 heterocycles. The van der Waals surface area contributed by atoms with E-state index in [0.29, 0.717) is 0 Å². The Morgan fingerprint density at radius 2 is 1.83 bits per heavy atom. The third-order valence-corrected chi connectivity index (χ3v) is 1.70. The van der Waals surface area contributed by atoms with Gasteiger partial charge < -0.3 is 24.6 Å². The highest BCUT2D eigenvalue weighted by Crippen LogP contribution is 2.03. The monoisotopic (exact) mass is 198 g/mol. The van der Waals surface area contributed by atoms with Crippen LogP contribution in [0.3, 0.4) is 0 Å². The van der Waals surface area contributed by atoms with Crippen molar-refractivity contribution >= 4 is 12.0 Å². The molecule has 0 saturated heterocycles. The molecule has 0 amide bonds. The lowest BCUT2D eigenvalue weighted by Crippen LogP contribution is -2.41. The third kappa shape index (κ3) is 4.24. The van der Waals surface area contributed by atoms with Gasteiger partial charge in [-0.15, -0.1) is 0 Å². The summed E-state index contributed by atoms with van der Waals surface area (Å²) in [5.74, 6) is 0. The minimum atomic E-state index is -1.37. The predicted octanol–water partition coefficient (Wildman–Crippen LogP) is -1.64. The van der Waals surface area contributed by atoms with Crippen molar-refractivity contribution in [2.75, 3.05) is 19.5 Å². The maximum atomic E-state index is 9.09. The van der Waals surface area contributed by atoms with Gasteiger partial charge in [0, 0.05) is 6.26 Å². The summed E-state index contributed by atoms with van der Waals surface area (Å²) in [4.78, 5) is 0. The van der Waals surface area contributed by atoms with E-state index in [4.69, 9.17) is 24.6 Å². The minimum Gasteiger partial charge on any atom is -0.394 e. The lowest BCUT2D eigenvalue weighted by atomic mass is 10.1. The van der Waals surface area contributed by atoms with Crippen molar-refractivity contribution < 1.29 is 24.6 Å². The van der Waals surface area contributed by atoms with Crippen LogP contribution < -0.4 is 0 Å². The molecule has 0 spiro atoms. The zero-order valence-electron chi connectivity index (χ0n) is 6.75. The van der Waals surface area contributed by atoms with Crippen LogP contribution in [0.5, 0.6) is 0 Å². The van der Waals surface area contributed by atoms with E-state index < -0.39 is 24.9 Å². The second-order valence-electron chi connectivity index (χ2n) is 2.26. The Labute approximate surface area is 75.2 Å². The molecule has 6 heteroatoms. The van der Waals surface area contributed by atoms with Gasteiger partial charge in [0.05, 0.1) is 13.2 Å². The van der Waals surface area contributed by atoms with Crippen LogP contribution in [0.15, 0.2) is 0 Å². The van der Waals surface area contributed by atoms with Gasteiger partial charge >= 0.3 is 0 Å². The topological polar surface area (TPSA) is 90.2 Å². The first-order chi connectivity index (χ1) is 5.63. The molecule has 0 aromatic heterocycles. The quantitative estimate of drug-likeness (QED) is 0.383. The van der Waals surface area contributed by atoms with Crippen LogP contribution >= 0.6 is 12.0 Å². The summed E-state index contributed by atoms with van der Waals surface area (Å²) in [6, 6.07) is 0. The smallest absolute Gasteiger partial charge is 0.110 e. The van der Waals surface area contributed by atoms with Gasteiger partial charge in [-0.1, -0.05) is 0 Å². The van der Waals surface area contributed by atoms with Crippen LogP contribution in [0.2, 0.25) is 0 Å². The molecule has 0 bridgehead atoms. The first-order valence-electron chi connectivity index (χ1n) is 3.44. The van der Waals surface area contributed by atoms with Crippen LogP contribution in [-0.4, -0.2) is 58.2 Å². The molecule has 0 rings (SSSR count). The highest BCUT2D eigenvalue weighted by atomic mass is 32.2. The molecule has 4 N–H and O–H groups in total. The molecule has 5 nitrogen and oxygen atoms in total. The largest absolute Gasteiger partial charge is 0.394 e. The Balaban J connectivity index is 3.67. The van der Waals surface area contributed by atoms with E-state index in [1.807, 2.05) is 0 Å². The Bertz CT molecular complexity index is 112. The summed E-state index contributed by atoms with van der Waals surface area (Å²) in [5, 5.41) is 35.4. The zero-order chi connectivity index (χ0) is 9.56. The molecule has 0 aliphatic heterocycles. The fourth-order valence-electron chi connectivity index (χ4n) is 0.601. The summed E-state index contributed by atoms with van der Waals surface area (Å²) >= 11 is 1.05. The van der Waals surface area contributed by atoms with Crippen LogP contribution in [0.4, 0.5) is 0 Å². The van der Waals surface area contributed by atoms with E-state index >= 15 is 0 Å². The summed E-state index contributed by atoms with van der Waals surface area (Å²) in [6.07, 6.45) is -2.21. The fourth-order valence-corrected chi connectivity index (χ4v) is 0.876. The molecular weight excluding hydrogens is 184 g/mol. The van der Waals surface area contributed by atoms with Gasteiger partial charge in [0.15, 0.2) is 0 Å². The molecule has 3 atom stereocenters. The Kier molecular flexibility index (Phi) is 6.73. The molecular formula is C6H14O5S. The van der Waals surface area contributed by atoms with Crippen molar-refractivity contribution in [3.8, 4) is 0 Å². The van der Waals surface area contributed by atoms with E-state index in [9.17, 15) is 0 Å². The Morgan fingerprint density at radius 3 is 2.25 bits per heavy atom. The van der Waals surface area contributed by atoms with E-state index in [1.54, 1.807) is 6.26 Å². The highest BCUT2D eigenvalue weighted by Gasteiger charge is 2.23. The zero-order valence-corrected chi connectivity index (χ0v) is 7.57. The first-order valence-corrected chi connectivity index (χ1v) is 4.59. The highest BCUT2D eigenvalue weighted by molar-refractivity contribution is 7.93. The van der Waals surface area contributed by atoms with Gasteiger partial charge in [-0.3, -0.25) is 0 Å². The average molecular weight is 198 g/mol. The molecule has 74 valence electrons. The summed E-state index contributed by atoms with van der Waals surface area (Å²) < 4.78 is 4.72. The fraction of sp³-hybridized carbons (Fsp3) is 1.00. The van der Waals surface area contributed by atoms with Crippen molar-refractivity contribution in [1.29, 1.82) is 0 Å². The second kappa shape index (κ2) is 6.64. The van der Waals surface area contributed by atoms with Gasteiger partial charge in [-0.25, -0.2) is 0 Å². The molecule has 0 aromatic rings. The lowest BCUT2D eigenvalue weighted by molar-refractivity contribution is -0.0855. The van der Waals surface area contributed by atoms with Crippen LogP contribution in [0.25, 0.3) is 0 Å². The van der Waals surface area contributed by atoms with Crippen molar-refractivity contribution in [3.63, 3.8) is 0 Å². The van der Waals surface area contributed by atoms with Crippen LogP contribution in [0, 0.1) is 0 Å². The van der Waals surface area contributed by atoms with Gasteiger partial charge in [0.25, 0.3) is 0 Å². The molecule has 0 aliphatic rings. The number of aliphatic hydroxyl groups excluding tert-OH is 4. The van der Waals surface area contributed by atoms with E-state index in [2.05, 4.69) is 0 Å². The number of hydrogen-bond donors (Lipinski definition) is 4. The molecule has 0 aromatic carbocycles. The number of rotatable bonds is 6. The number of hydrogen-bond acceptors (Lipinski definition) is 6. The predicted molar refractivity (Wildman–Crippen MR) is 44.6 cm³/mol. The average Bonchev–Trinajstić information content (AvgIpc) is 2.11. The molecule has 0 aliphatic carbocycles. The van der Waals surface area contributed by atoms with Crippen molar-refractivity contribution in [3.05, 3.63) is 0 Å². The van der Waals surface area contributed by atoms with Crippen molar-refractivity contribution in [1.82, 2.24) is 0 Å². The van der Waals surface area contributed by atoms with Gasteiger partial charge in [0.1, 0.15) is 18.3 Å². The lowest BCUT2D eigenvalue weighted by Gasteiger charge is -2.20. The van der Waals surface area contributed by atoms with Crippen molar-refractivity contribution in [2.24, 2.45) is 0 Å². The molecule has 0 unspecified atom stereocenters. The molecule has 0 saturated carbocycles. The molecule has 0 radical (unpaired) electrons. The van der Waals surface area contributed by atoms with Gasteiger partial charge in [-0.2, -0.15) is 0 Å². The summed E-state index contributed by atoms with van der Waals surface area (Å²) in [5.41, 5.74) is 0. The SMILES string of the molecule is CSOC[C@H](O)[C@H](O)[C@H](O)CO. The minimum absolute atomic E-state index is 0.0839. The standard InChI is InChI=1S/C6H14O5S/c1-12-11-3-5(9)6(10)4(8)2-7/h4-10H,2-3H2,1H3/t4-,5+,6-/m1/s1. The van der Waals surface area contributed by atoms with E-state index in [0.717, 1.165) is 12.0 Å². The number of aliphatic hydroxyl groups is 4. The first kappa shape index (κ1) is 12.2. The summed E-state index contributed by atoms with van der Waals surface area (Å²) in [6.45, 7) is -0.670.